The summed E-state index contributed by atoms with van der Waals surface area (Å²) < 4.78 is 15.2. The Bertz CT molecular complexity index is 558. The summed E-state index contributed by atoms with van der Waals surface area (Å²) in [6, 6.07) is 7.34. The van der Waals surface area contributed by atoms with Crippen molar-refractivity contribution in [2.45, 2.75) is 58.2 Å². The van der Waals surface area contributed by atoms with Gasteiger partial charge in [0.05, 0.1) is 21.8 Å². The average molecular weight is 321 g/mol. The van der Waals surface area contributed by atoms with Crippen LogP contribution in [-0.2, 0) is 11.0 Å². The third kappa shape index (κ3) is 5.85. The molecule has 2 atom stereocenters. The lowest BCUT2D eigenvalue weighted by Gasteiger charge is -2.23. The van der Waals surface area contributed by atoms with Crippen molar-refractivity contribution in [2.24, 2.45) is 0 Å². The van der Waals surface area contributed by atoms with Crippen molar-refractivity contribution in [3.05, 3.63) is 47.5 Å². The molecule has 0 saturated carbocycles. The predicted molar refractivity (Wildman–Crippen MR) is 94.3 cm³/mol. The van der Waals surface area contributed by atoms with Crippen LogP contribution < -0.4 is 4.72 Å². The van der Waals surface area contributed by atoms with Crippen LogP contribution in [0.3, 0.4) is 0 Å². The first-order valence-electron chi connectivity index (χ1n) is 7.71. The molecule has 0 fully saturated rings. The molecule has 0 aromatic heterocycles. The van der Waals surface area contributed by atoms with E-state index in [1.54, 1.807) is 13.0 Å². The summed E-state index contributed by atoms with van der Waals surface area (Å²) >= 11 is 0. The zero-order valence-corrected chi connectivity index (χ0v) is 15.0. The Morgan fingerprint density at radius 1 is 1.36 bits per heavy atom. The molecule has 22 heavy (non-hydrogen) atoms. The van der Waals surface area contributed by atoms with Crippen LogP contribution in [0.2, 0.25) is 0 Å². The molecular formula is C18H27NO2S. The number of allylic oxidation sites excluding steroid dienone is 1. The molecule has 0 spiro atoms. The number of nitrogens with one attached hydrogen (secondary N) is 1. The van der Waals surface area contributed by atoms with E-state index in [0.717, 1.165) is 18.4 Å². The van der Waals surface area contributed by atoms with Crippen LogP contribution in [0.4, 0.5) is 0 Å². The fraction of sp³-hybridized carbons (Fsp3) is 0.500. The highest BCUT2D eigenvalue weighted by molar-refractivity contribution is 7.84. The van der Waals surface area contributed by atoms with Crippen molar-refractivity contribution in [3.8, 4) is 0 Å². The van der Waals surface area contributed by atoms with Crippen molar-refractivity contribution < 1.29 is 9.00 Å². The van der Waals surface area contributed by atoms with Crippen LogP contribution in [0.15, 0.2) is 36.4 Å². The van der Waals surface area contributed by atoms with Crippen molar-refractivity contribution in [3.63, 3.8) is 0 Å². The smallest absolute Gasteiger partial charge is 0.159 e. The molecule has 0 aliphatic carbocycles. The summed E-state index contributed by atoms with van der Waals surface area (Å²) in [7, 11) is -1.18. The van der Waals surface area contributed by atoms with Crippen LogP contribution in [-0.4, -0.2) is 14.7 Å². The van der Waals surface area contributed by atoms with Crippen LogP contribution in [0.5, 0.6) is 0 Å². The Hall–Kier alpha value is -1.26. The lowest BCUT2D eigenvalue weighted by molar-refractivity contribution is 0.101. The number of ketones is 1. The largest absolute Gasteiger partial charge is 0.295 e. The number of rotatable bonds is 7. The topological polar surface area (TPSA) is 46.2 Å². The third-order valence-corrected chi connectivity index (χ3v) is 4.81. The van der Waals surface area contributed by atoms with E-state index in [-0.39, 0.29) is 16.6 Å². The molecule has 0 bridgehead atoms. The second kappa shape index (κ2) is 8.39. The highest BCUT2D eigenvalue weighted by Crippen LogP contribution is 2.20. The number of hydrogen-bond acceptors (Lipinski definition) is 2. The minimum Gasteiger partial charge on any atom is -0.295 e. The van der Waals surface area contributed by atoms with Crippen LogP contribution in [0.25, 0.3) is 0 Å². The van der Waals surface area contributed by atoms with Gasteiger partial charge >= 0.3 is 0 Å². The van der Waals surface area contributed by atoms with Gasteiger partial charge in [-0.3, -0.25) is 4.79 Å². The zero-order valence-electron chi connectivity index (χ0n) is 14.2. The van der Waals surface area contributed by atoms with E-state index in [9.17, 15) is 9.00 Å². The van der Waals surface area contributed by atoms with Gasteiger partial charge in [-0.05, 0) is 45.7 Å². The zero-order chi connectivity index (χ0) is 16.8. The molecule has 0 unspecified atom stereocenters. The molecular weight excluding hydrogens is 294 g/mol. The van der Waals surface area contributed by atoms with Crippen molar-refractivity contribution >= 4 is 16.8 Å². The van der Waals surface area contributed by atoms with Crippen molar-refractivity contribution in [1.29, 1.82) is 0 Å². The summed E-state index contributed by atoms with van der Waals surface area (Å²) in [5.41, 5.74) is 1.63. The van der Waals surface area contributed by atoms with Gasteiger partial charge in [0.2, 0.25) is 0 Å². The molecule has 122 valence electrons. The quantitative estimate of drug-likeness (QED) is 0.600. The minimum atomic E-state index is -1.18. The maximum absolute atomic E-state index is 12.4. The average Bonchev–Trinajstić information content (AvgIpc) is 2.45. The fourth-order valence-electron chi connectivity index (χ4n) is 1.86. The predicted octanol–water partition coefficient (Wildman–Crippen LogP) is 4.34. The van der Waals surface area contributed by atoms with Gasteiger partial charge in [-0.25, -0.2) is 8.93 Å². The Kier molecular flexibility index (Phi) is 7.17. The van der Waals surface area contributed by atoms with Crippen LogP contribution in [0.1, 0.15) is 69.4 Å². The number of unbranched alkanes of at least 4 members (excludes halogenated alkanes) is 1. The molecule has 1 N–H and O–H groups in total. The Morgan fingerprint density at radius 3 is 2.59 bits per heavy atom. The summed E-state index contributed by atoms with van der Waals surface area (Å²) in [5, 5.41) is 0. The van der Waals surface area contributed by atoms with E-state index in [1.807, 2.05) is 45.0 Å². The first-order valence-corrected chi connectivity index (χ1v) is 8.86. The van der Waals surface area contributed by atoms with Crippen molar-refractivity contribution in [2.75, 3.05) is 0 Å². The summed E-state index contributed by atoms with van der Waals surface area (Å²) in [4.78, 5) is 11.6. The van der Waals surface area contributed by atoms with Gasteiger partial charge in [0, 0.05) is 5.56 Å². The summed E-state index contributed by atoms with van der Waals surface area (Å²) in [5.74, 6) is 0.0371. The molecule has 0 amide bonds. The van der Waals surface area contributed by atoms with E-state index in [2.05, 4.69) is 17.7 Å². The van der Waals surface area contributed by atoms with Gasteiger partial charge in [0.1, 0.15) is 0 Å². The third-order valence-electron chi connectivity index (χ3n) is 3.23. The van der Waals surface area contributed by atoms with Crippen LogP contribution >= 0.6 is 0 Å². The van der Waals surface area contributed by atoms with Crippen LogP contribution in [0, 0.1) is 0 Å². The molecule has 3 nitrogen and oxygen atoms in total. The number of carbonyl (C=O) groups excluding carboxylic acids is 1. The monoisotopic (exact) mass is 321 g/mol. The Balaban J connectivity index is 3.07. The van der Waals surface area contributed by atoms with Gasteiger partial charge in [-0.1, -0.05) is 43.7 Å². The molecule has 0 radical (unpaired) electrons. The Labute approximate surface area is 136 Å². The molecule has 0 heterocycles. The molecule has 0 aliphatic heterocycles. The minimum absolute atomic E-state index is 0.0371. The first kappa shape index (κ1) is 18.8. The second-order valence-corrected chi connectivity index (χ2v) is 8.37. The van der Waals surface area contributed by atoms with Crippen molar-refractivity contribution in [1.82, 2.24) is 4.72 Å². The van der Waals surface area contributed by atoms with E-state index in [0.29, 0.717) is 5.56 Å². The van der Waals surface area contributed by atoms with E-state index in [4.69, 9.17) is 0 Å². The number of carbonyl (C=O) groups is 1. The molecule has 0 saturated heterocycles. The lowest BCUT2D eigenvalue weighted by atomic mass is 10.0. The maximum atomic E-state index is 12.4. The van der Waals surface area contributed by atoms with Gasteiger partial charge in [0.15, 0.2) is 5.78 Å². The van der Waals surface area contributed by atoms with Gasteiger partial charge in [-0.15, -0.1) is 0 Å². The van der Waals surface area contributed by atoms with Gasteiger partial charge in [-0.2, -0.15) is 0 Å². The molecule has 1 rings (SSSR count). The number of Topliss-reactive ketones (excluding diaryl/α,β-unsaturated/α-hetero) is 1. The van der Waals surface area contributed by atoms with Gasteiger partial charge in [0.25, 0.3) is 0 Å². The SMILES string of the molecule is CCC/C=C/[C@@H](N[S@](=O)C(C)(C)C)c1cccc(C(C)=O)c1. The maximum Gasteiger partial charge on any atom is 0.159 e. The highest BCUT2D eigenvalue weighted by Gasteiger charge is 2.22. The molecule has 4 heteroatoms. The standard InChI is InChI=1S/C18H27NO2S/c1-6-7-8-12-17(19-22(21)18(3,4)5)16-11-9-10-15(13-16)14(2)20/h8-13,17,19H,6-7H2,1-5H3/b12-8+/t17-,22-/m1/s1. The molecule has 1 aromatic rings. The summed E-state index contributed by atoms with van der Waals surface area (Å²) in [6.07, 6.45) is 6.18. The summed E-state index contributed by atoms with van der Waals surface area (Å²) in [6.45, 7) is 9.50. The highest BCUT2D eigenvalue weighted by atomic mass is 32.2. The number of benzene rings is 1. The molecule has 1 aromatic carbocycles. The van der Waals surface area contributed by atoms with E-state index in [1.165, 1.54) is 0 Å². The van der Waals surface area contributed by atoms with E-state index < -0.39 is 11.0 Å². The first-order chi connectivity index (χ1) is 10.3. The lowest BCUT2D eigenvalue weighted by Crippen LogP contribution is -2.35. The second-order valence-electron chi connectivity index (χ2n) is 6.38. The fourth-order valence-corrected chi connectivity index (χ4v) is 2.66. The van der Waals surface area contributed by atoms with E-state index >= 15 is 0 Å². The molecule has 0 aliphatic rings. The van der Waals surface area contributed by atoms with Gasteiger partial charge < -0.3 is 0 Å². The normalized spacial score (nSPS) is 15.0. The Morgan fingerprint density at radius 2 is 2.05 bits per heavy atom. The number of hydrogen-bond donors (Lipinski definition) is 1.